The molecule has 3 atom stereocenters. The van der Waals surface area contributed by atoms with Crippen molar-refractivity contribution in [2.75, 3.05) is 6.61 Å². The summed E-state index contributed by atoms with van der Waals surface area (Å²) in [7, 11) is 0. The van der Waals surface area contributed by atoms with E-state index in [1.165, 1.54) is 10.9 Å². The number of para-hydroxylation sites is 2. The van der Waals surface area contributed by atoms with Crippen LogP contribution in [0.1, 0.15) is 28.8 Å². The maximum absolute atomic E-state index is 14.0. The van der Waals surface area contributed by atoms with Crippen LogP contribution in [0.5, 0.6) is 0 Å². The third-order valence-electron chi connectivity index (χ3n) is 7.78. The summed E-state index contributed by atoms with van der Waals surface area (Å²) in [6.07, 6.45) is 4.59. The minimum absolute atomic E-state index is 0.0377. The highest BCUT2D eigenvalue weighted by atomic mass is 35.5. The number of nitrogens with zero attached hydrogens (tertiary/aromatic N) is 1. The van der Waals surface area contributed by atoms with Crippen molar-refractivity contribution < 1.29 is 9.90 Å². The maximum Gasteiger partial charge on any atom is 0.166 e. The van der Waals surface area contributed by atoms with Crippen LogP contribution in [0.25, 0.3) is 33.1 Å². The lowest BCUT2D eigenvalue weighted by molar-refractivity contribution is 0.0471. The van der Waals surface area contributed by atoms with Crippen molar-refractivity contribution in [3.8, 4) is 11.3 Å². The van der Waals surface area contributed by atoms with E-state index in [1.54, 1.807) is 0 Å². The fourth-order valence-electron chi connectivity index (χ4n) is 5.70. The van der Waals surface area contributed by atoms with Gasteiger partial charge >= 0.3 is 0 Å². The number of carbonyl (C=O) groups excluding carboxylic acids is 1. The minimum Gasteiger partial charge on any atom is -0.396 e. The molecule has 3 unspecified atom stereocenters. The Hall–Kier alpha value is -3.47. The van der Waals surface area contributed by atoms with E-state index in [2.05, 4.69) is 17.1 Å². The van der Waals surface area contributed by atoms with Gasteiger partial charge < -0.3 is 10.1 Å². The van der Waals surface area contributed by atoms with Crippen molar-refractivity contribution in [2.24, 2.45) is 17.8 Å². The van der Waals surface area contributed by atoms with Crippen LogP contribution in [0.2, 0.25) is 5.02 Å². The first-order chi connectivity index (χ1) is 17.6. The number of hydrogen-bond donors (Lipinski definition) is 2. The van der Waals surface area contributed by atoms with Gasteiger partial charge in [-0.2, -0.15) is 0 Å². The molecule has 1 saturated carbocycles. The molecular formula is C31H27ClN2O2. The number of ketones is 1. The molecule has 6 rings (SSSR count). The van der Waals surface area contributed by atoms with Gasteiger partial charge in [-0.25, -0.2) is 4.98 Å². The van der Waals surface area contributed by atoms with E-state index in [-0.39, 0.29) is 30.1 Å². The average Bonchev–Trinajstić information content (AvgIpc) is 3.30. The Morgan fingerprint density at radius 2 is 1.75 bits per heavy atom. The smallest absolute Gasteiger partial charge is 0.166 e. The molecule has 1 fully saturated rings. The van der Waals surface area contributed by atoms with Crippen LogP contribution in [-0.4, -0.2) is 27.5 Å². The number of aromatic amines is 1. The highest BCUT2D eigenvalue weighted by Gasteiger charge is 2.42. The van der Waals surface area contributed by atoms with Gasteiger partial charge in [0.25, 0.3) is 0 Å². The predicted molar refractivity (Wildman–Crippen MR) is 145 cm³/mol. The van der Waals surface area contributed by atoms with Crippen molar-refractivity contribution in [3.63, 3.8) is 0 Å². The molecule has 5 heteroatoms. The number of halogens is 1. The highest BCUT2D eigenvalue weighted by Crippen LogP contribution is 2.44. The molecule has 0 amide bonds. The Morgan fingerprint density at radius 1 is 1.00 bits per heavy atom. The summed E-state index contributed by atoms with van der Waals surface area (Å²) < 4.78 is 0. The molecule has 4 nitrogen and oxygen atoms in total. The van der Waals surface area contributed by atoms with Gasteiger partial charge in [0.1, 0.15) is 0 Å². The molecule has 0 bridgehead atoms. The van der Waals surface area contributed by atoms with Gasteiger partial charge in [-0.3, -0.25) is 4.79 Å². The Balaban J connectivity index is 1.32. The zero-order chi connectivity index (χ0) is 24.6. The number of Topliss-reactive ketones (excluding diaryl/α,β-unsaturated/α-hetero) is 1. The van der Waals surface area contributed by atoms with Gasteiger partial charge in [0.2, 0.25) is 0 Å². The Labute approximate surface area is 215 Å². The maximum atomic E-state index is 14.0. The third-order valence-corrected chi connectivity index (χ3v) is 8.04. The number of pyridine rings is 1. The van der Waals surface area contributed by atoms with E-state index in [9.17, 15) is 9.90 Å². The van der Waals surface area contributed by atoms with Crippen LogP contribution in [0.15, 0.2) is 85.1 Å². The molecule has 1 aliphatic rings. The van der Waals surface area contributed by atoms with E-state index in [1.807, 2.05) is 72.9 Å². The fraction of sp³-hybridized carbons (Fsp3) is 0.226. The van der Waals surface area contributed by atoms with Gasteiger partial charge in [-0.15, -0.1) is 0 Å². The number of aliphatic hydroxyl groups is 1. The monoisotopic (exact) mass is 494 g/mol. The van der Waals surface area contributed by atoms with Crippen LogP contribution in [0.3, 0.4) is 0 Å². The molecule has 2 aromatic heterocycles. The van der Waals surface area contributed by atoms with Gasteiger partial charge in [-0.05, 0) is 67.0 Å². The van der Waals surface area contributed by atoms with Crippen LogP contribution in [0, 0.1) is 17.8 Å². The van der Waals surface area contributed by atoms with Gasteiger partial charge in [0.15, 0.2) is 5.78 Å². The summed E-state index contributed by atoms with van der Waals surface area (Å²) in [5.74, 6) is 0.242. The standard InChI is InChI=1S/C31H27ClN2O2/c32-22-11-9-19(10-12-22)30-16-27(25-6-2-4-8-29(25)34-30)31(36)26-14-13-23(26)21(18-35)15-20-17-33-28-7-3-1-5-24(20)28/h1-12,16-17,21,23,26,33,35H,13-15,18H2. The molecule has 0 saturated heterocycles. The van der Waals surface area contributed by atoms with Crippen molar-refractivity contribution in [1.82, 2.24) is 9.97 Å². The van der Waals surface area contributed by atoms with Crippen LogP contribution < -0.4 is 0 Å². The lowest BCUT2D eigenvalue weighted by atomic mass is 9.63. The second kappa shape index (κ2) is 9.53. The fourth-order valence-corrected chi connectivity index (χ4v) is 5.82. The molecule has 2 N–H and O–H groups in total. The summed E-state index contributed by atoms with van der Waals surface area (Å²) in [6.45, 7) is 0.0705. The molecule has 0 radical (unpaired) electrons. The van der Waals surface area contributed by atoms with E-state index >= 15 is 0 Å². The second-order valence-electron chi connectivity index (χ2n) is 9.80. The molecule has 180 valence electrons. The van der Waals surface area contributed by atoms with Gasteiger partial charge in [-0.1, -0.05) is 60.1 Å². The first-order valence-corrected chi connectivity index (χ1v) is 12.9. The van der Waals surface area contributed by atoms with Crippen LogP contribution in [0.4, 0.5) is 0 Å². The molecule has 1 aliphatic carbocycles. The molecule has 0 aliphatic heterocycles. The Bertz CT molecular complexity index is 1560. The van der Waals surface area contributed by atoms with Gasteiger partial charge in [0.05, 0.1) is 11.2 Å². The van der Waals surface area contributed by atoms with E-state index in [0.717, 1.165) is 46.9 Å². The van der Waals surface area contributed by atoms with Gasteiger partial charge in [0, 0.05) is 51.2 Å². The second-order valence-corrected chi connectivity index (χ2v) is 10.2. The molecule has 36 heavy (non-hydrogen) atoms. The topological polar surface area (TPSA) is 66.0 Å². The molecule has 2 heterocycles. The lowest BCUT2D eigenvalue weighted by Gasteiger charge is -2.40. The van der Waals surface area contributed by atoms with E-state index in [0.29, 0.717) is 10.6 Å². The minimum atomic E-state index is -0.101. The quantitative estimate of drug-likeness (QED) is 0.237. The number of H-pyrrole nitrogens is 1. The molecule has 5 aromatic rings. The molecule has 0 spiro atoms. The Morgan fingerprint density at radius 3 is 2.50 bits per heavy atom. The van der Waals surface area contributed by atoms with E-state index < -0.39 is 0 Å². The highest BCUT2D eigenvalue weighted by molar-refractivity contribution is 6.30. The Kier molecular flexibility index (Phi) is 6.08. The van der Waals surface area contributed by atoms with Crippen molar-refractivity contribution in [1.29, 1.82) is 0 Å². The number of rotatable bonds is 7. The number of hydrogen-bond acceptors (Lipinski definition) is 3. The van der Waals surface area contributed by atoms with Crippen molar-refractivity contribution >= 4 is 39.2 Å². The van der Waals surface area contributed by atoms with Crippen molar-refractivity contribution in [3.05, 3.63) is 101 Å². The van der Waals surface area contributed by atoms with E-state index in [4.69, 9.17) is 16.6 Å². The average molecular weight is 495 g/mol. The lowest BCUT2D eigenvalue weighted by Crippen LogP contribution is -2.40. The largest absolute Gasteiger partial charge is 0.396 e. The summed E-state index contributed by atoms with van der Waals surface area (Å²) in [6, 6.07) is 25.5. The third kappa shape index (κ3) is 4.11. The number of nitrogens with one attached hydrogen (secondary N) is 1. The summed E-state index contributed by atoms with van der Waals surface area (Å²) in [5, 5.41) is 13.1. The summed E-state index contributed by atoms with van der Waals surface area (Å²) in [4.78, 5) is 22.2. The predicted octanol–water partition coefficient (Wildman–Crippen LogP) is 7.10. The molecular weight excluding hydrogens is 468 g/mol. The summed E-state index contributed by atoms with van der Waals surface area (Å²) >= 11 is 6.09. The number of benzene rings is 3. The van der Waals surface area contributed by atoms with Crippen LogP contribution in [-0.2, 0) is 6.42 Å². The number of fused-ring (bicyclic) bond motifs is 2. The molecule has 3 aromatic carbocycles. The number of carbonyl (C=O) groups is 1. The van der Waals surface area contributed by atoms with Crippen molar-refractivity contribution in [2.45, 2.75) is 19.3 Å². The zero-order valence-electron chi connectivity index (χ0n) is 19.8. The number of aromatic nitrogens is 2. The summed E-state index contributed by atoms with van der Waals surface area (Å²) in [5.41, 5.74) is 5.51. The van der Waals surface area contributed by atoms with Crippen LogP contribution >= 0.6 is 11.6 Å². The zero-order valence-corrected chi connectivity index (χ0v) is 20.6. The first kappa shape index (κ1) is 23.0. The number of aliphatic hydroxyl groups excluding tert-OH is 1. The normalized spacial score (nSPS) is 18.3. The first-order valence-electron chi connectivity index (χ1n) is 12.5. The SMILES string of the molecule is O=C(c1cc(-c2ccc(Cl)cc2)nc2ccccc12)C1CCC1C(CO)Cc1c[nH]c2ccccc12.